The topological polar surface area (TPSA) is 48.5 Å². The summed E-state index contributed by atoms with van der Waals surface area (Å²) in [6.45, 7) is 0. The minimum atomic E-state index is 0.574. The summed E-state index contributed by atoms with van der Waals surface area (Å²) in [5.74, 6) is 1.79. The molecule has 0 unspecified atom stereocenters. The summed E-state index contributed by atoms with van der Waals surface area (Å²) in [4.78, 5) is 15.7. The molecule has 11 aromatic rings. The van der Waals surface area contributed by atoms with Crippen molar-refractivity contribution in [2.75, 3.05) is 0 Å². The standard InChI is InChI=1S/C51H33N5/c1-3-15-34(16-4-1)35-27-29-36(30-28-35)38-31-32-42-41-21-7-11-23-44(41)55(48(42)33-38)47-26-14-10-22-43(47)50-52-49(37-17-5-2-6-18-37)53-51(54-50)56-45-24-12-8-19-39(45)40-20-9-13-25-46(40)56/h1-33H. The van der Waals surface area contributed by atoms with Gasteiger partial charge in [-0.3, -0.25) is 4.57 Å². The Hall–Kier alpha value is -7.63. The summed E-state index contributed by atoms with van der Waals surface area (Å²) in [6, 6.07) is 70.4. The highest BCUT2D eigenvalue weighted by Gasteiger charge is 2.21. The average molecular weight is 716 g/mol. The number of para-hydroxylation sites is 4. The lowest BCUT2D eigenvalue weighted by Crippen LogP contribution is -2.07. The zero-order chi connectivity index (χ0) is 37.0. The smallest absolute Gasteiger partial charge is 0.238 e. The highest BCUT2D eigenvalue weighted by atomic mass is 15.2. The molecule has 0 aliphatic heterocycles. The maximum Gasteiger partial charge on any atom is 0.238 e. The van der Waals surface area contributed by atoms with E-state index >= 15 is 0 Å². The van der Waals surface area contributed by atoms with Crippen LogP contribution in [0, 0.1) is 0 Å². The first-order chi connectivity index (χ1) is 27.8. The molecule has 0 fully saturated rings. The maximum atomic E-state index is 5.33. The highest BCUT2D eigenvalue weighted by molar-refractivity contribution is 6.11. The molecule has 8 aromatic carbocycles. The largest absolute Gasteiger partial charge is 0.308 e. The molecule has 0 spiro atoms. The van der Waals surface area contributed by atoms with E-state index in [1.54, 1.807) is 0 Å². The van der Waals surface area contributed by atoms with Gasteiger partial charge in [0.1, 0.15) is 0 Å². The molecule has 5 heteroatoms. The summed E-state index contributed by atoms with van der Waals surface area (Å²) in [5, 5.41) is 4.69. The molecule has 3 heterocycles. The van der Waals surface area contributed by atoms with Crippen LogP contribution in [0.15, 0.2) is 200 Å². The van der Waals surface area contributed by atoms with E-state index in [-0.39, 0.29) is 0 Å². The second kappa shape index (κ2) is 13.0. The molecule has 0 amide bonds. The van der Waals surface area contributed by atoms with Crippen LogP contribution in [0.5, 0.6) is 0 Å². The van der Waals surface area contributed by atoms with Gasteiger partial charge in [-0.1, -0.05) is 164 Å². The molecule has 3 aromatic heterocycles. The van der Waals surface area contributed by atoms with Crippen LogP contribution in [0.3, 0.4) is 0 Å². The fraction of sp³-hybridized carbons (Fsp3) is 0. The third-order valence-electron chi connectivity index (χ3n) is 10.8. The van der Waals surface area contributed by atoms with Crippen LogP contribution in [-0.2, 0) is 0 Å². The van der Waals surface area contributed by atoms with Gasteiger partial charge in [-0.25, -0.2) is 4.98 Å². The second-order valence-corrected chi connectivity index (χ2v) is 14.1. The van der Waals surface area contributed by atoms with E-state index in [2.05, 4.69) is 191 Å². The van der Waals surface area contributed by atoms with Crippen molar-refractivity contribution in [1.82, 2.24) is 24.1 Å². The molecule has 5 nitrogen and oxygen atoms in total. The lowest BCUT2D eigenvalue weighted by atomic mass is 9.99. The van der Waals surface area contributed by atoms with Gasteiger partial charge in [-0.05, 0) is 58.7 Å². The molecule has 0 N–H and O–H groups in total. The SMILES string of the molecule is c1ccc(-c2ccc(-c3ccc4c5ccccc5n(-c5ccccc5-c5nc(-c6ccccc6)nc(-n6c7ccccc7c7ccccc76)n5)c4c3)cc2)cc1. The zero-order valence-corrected chi connectivity index (χ0v) is 30.3. The van der Waals surface area contributed by atoms with Crippen LogP contribution in [0.2, 0.25) is 0 Å². The highest BCUT2D eigenvalue weighted by Crippen LogP contribution is 2.39. The molecule has 0 aliphatic carbocycles. The van der Waals surface area contributed by atoms with Gasteiger partial charge in [-0.15, -0.1) is 0 Å². The van der Waals surface area contributed by atoms with Crippen molar-refractivity contribution < 1.29 is 0 Å². The minimum Gasteiger partial charge on any atom is -0.308 e. The number of hydrogen-bond acceptors (Lipinski definition) is 3. The van der Waals surface area contributed by atoms with Gasteiger partial charge in [0.15, 0.2) is 11.6 Å². The molecule has 0 bridgehead atoms. The molecule has 262 valence electrons. The second-order valence-electron chi connectivity index (χ2n) is 14.1. The van der Waals surface area contributed by atoms with E-state index in [0.717, 1.165) is 60.8 Å². The molecule has 0 aliphatic rings. The monoisotopic (exact) mass is 715 g/mol. The van der Waals surface area contributed by atoms with Gasteiger partial charge in [0.05, 0.1) is 27.8 Å². The van der Waals surface area contributed by atoms with Crippen LogP contribution in [-0.4, -0.2) is 24.1 Å². The molecule has 0 atom stereocenters. The third kappa shape index (κ3) is 5.21. The predicted molar refractivity (Wildman–Crippen MR) is 230 cm³/mol. The van der Waals surface area contributed by atoms with Crippen LogP contribution < -0.4 is 0 Å². The van der Waals surface area contributed by atoms with E-state index in [4.69, 9.17) is 15.0 Å². The van der Waals surface area contributed by atoms with Crippen molar-refractivity contribution in [2.24, 2.45) is 0 Å². The van der Waals surface area contributed by atoms with Crippen LogP contribution in [0.4, 0.5) is 0 Å². The number of aromatic nitrogens is 5. The fourth-order valence-electron chi connectivity index (χ4n) is 8.19. The van der Waals surface area contributed by atoms with Crippen molar-refractivity contribution in [2.45, 2.75) is 0 Å². The first kappa shape index (κ1) is 31.9. The minimum absolute atomic E-state index is 0.574. The Labute approximate surface area is 323 Å². The van der Waals surface area contributed by atoms with E-state index in [1.165, 1.54) is 21.9 Å². The molecule has 11 rings (SSSR count). The number of hydrogen-bond donors (Lipinski definition) is 0. The lowest BCUT2D eigenvalue weighted by Gasteiger charge is -2.15. The normalized spacial score (nSPS) is 11.6. The van der Waals surface area contributed by atoms with Gasteiger partial charge in [-0.2, -0.15) is 9.97 Å². The average Bonchev–Trinajstić information content (AvgIpc) is 3.79. The van der Waals surface area contributed by atoms with Crippen molar-refractivity contribution in [3.8, 4) is 56.7 Å². The van der Waals surface area contributed by atoms with Gasteiger partial charge in [0.2, 0.25) is 5.95 Å². The molecule has 0 saturated heterocycles. The van der Waals surface area contributed by atoms with E-state index in [9.17, 15) is 0 Å². The zero-order valence-electron chi connectivity index (χ0n) is 30.3. The van der Waals surface area contributed by atoms with Crippen molar-refractivity contribution in [1.29, 1.82) is 0 Å². The quantitative estimate of drug-likeness (QED) is 0.172. The Balaban J connectivity index is 1.13. The molecule has 56 heavy (non-hydrogen) atoms. The molecule has 0 radical (unpaired) electrons. The van der Waals surface area contributed by atoms with Gasteiger partial charge < -0.3 is 4.57 Å². The first-order valence-electron chi connectivity index (χ1n) is 18.9. The summed E-state index contributed by atoms with van der Waals surface area (Å²) < 4.78 is 4.54. The van der Waals surface area contributed by atoms with Crippen LogP contribution >= 0.6 is 0 Å². The predicted octanol–water partition coefficient (Wildman–Crippen LogP) is 12.7. The maximum absolute atomic E-state index is 5.33. The summed E-state index contributed by atoms with van der Waals surface area (Å²) in [5.41, 5.74) is 11.9. The van der Waals surface area contributed by atoms with Gasteiger partial charge in [0, 0.05) is 32.7 Å². The Morgan fingerprint density at radius 2 is 0.732 bits per heavy atom. The Morgan fingerprint density at radius 1 is 0.286 bits per heavy atom. The van der Waals surface area contributed by atoms with E-state index in [1.807, 2.05) is 18.2 Å². The first-order valence-corrected chi connectivity index (χ1v) is 18.9. The summed E-state index contributed by atoms with van der Waals surface area (Å²) in [7, 11) is 0. The number of rotatable bonds is 6. The van der Waals surface area contributed by atoms with Gasteiger partial charge >= 0.3 is 0 Å². The fourth-order valence-corrected chi connectivity index (χ4v) is 8.19. The molecular formula is C51H33N5. The number of fused-ring (bicyclic) bond motifs is 6. The molecule has 0 saturated carbocycles. The lowest BCUT2D eigenvalue weighted by molar-refractivity contribution is 0.951. The van der Waals surface area contributed by atoms with E-state index < -0.39 is 0 Å². The number of benzene rings is 8. The summed E-state index contributed by atoms with van der Waals surface area (Å²) >= 11 is 0. The van der Waals surface area contributed by atoms with Gasteiger partial charge in [0.25, 0.3) is 0 Å². The van der Waals surface area contributed by atoms with Crippen LogP contribution in [0.25, 0.3) is 100 Å². The van der Waals surface area contributed by atoms with Crippen molar-refractivity contribution >= 4 is 43.6 Å². The van der Waals surface area contributed by atoms with E-state index in [0.29, 0.717) is 17.6 Å². The van der Waals surface area contributed by atoms with Crippen molar-refractivity contribution in [3.63, 3.8) is 0 Å². The Kier molecular flexibility index (Phi) is 7.42. The van der Waals surface area contributed by atoms with Crippen LogP contribution in [0.1, 0.15) is 0 Å². The van der Waals surface area contributed by atoms with Crippen molar-refractivity contribution in [3.05, 3.63) is 200 Å². The number of nitrogens with zero attached hydrogens (tertiary/aromatic N) is 5. The Morgan fingerprint density at radius 3 is 1.38 bits per heavy atom. The summed E-state index contributed by atoms with van der Waals surface area (Å²) in [6.07, 6.45) is 0. The Bertz CT molecular complexity index is 3180. The molecular weight excluding hydrogens is 683 g/mol. The third-order valence-corrected chi connectivity index (χ3v) is 10.8.